The number of rotatable bonds is 10. The summed E-state index contributed by atoms with van der Waals surface area (Å²) in [6.45, 7) is 5.45. The zero-order valence-electron chi connectivity index (χ0n) is 17.1. The molecule has 2 heterocycles. The van der Waals surface area contributed by atoms with Crippen molar-refractivity contribution in [2.75, 3.05) is 18.5 Å². The number of hydrogen-bond acceptors (Lipinski definition) is 8. The number of Topliss-reactive ketones (excluding diaryl/α,β-unsaturated/α-hetero) is 1. The Labute approximate surface area is 178 Å². The van der Waals surface area contributed by atoms with E-state index in [0.29, 0.717) is 10.6 Å². The fraction of sp³-hybridized carbons (Fsp3) is 0.450. The third-order valence-corrected chi connectivity index (χ3v) is 4.84. The first-order valence-electron chi connectivity index (χ1n) is 9.41. The van der Waals surface area contributed by atoms with Crippen LogP contribution in [0.25, 0.3) is 0 Å². The molecule has 0 atom stereocenters. The fourth-order valence-electron chi connectivity index (χ4n) is 2.26. The molecule has 0 spiro atoms. The molecule has 0 radical (unpaired) electrons. The summed E-state index contributed by atoms with van der Waals surface area (Å²) in [7, 11) is 0. The summed E-state index contributed by atoms with van der Waals surface area (Å²) in [5, 5.41) is 10.7. The van der Waals surface area contributed by atoms with Crippen LogP contribution in [0.15, 0.2) is 28.1 Å². The van der Waals surface area contributed by atoms with Crippen LogP contribution in [0.4, 0.5) is 5.88 Å². The zero-order chi connectivity index (χ0) is 22.1. The first-order chi connectivity index (χ1) is 14.1. The standard InChI is InChI=1S/C20H25N3O6S/c1-20(2,3)15-11-18(29-23-15)22-17(26)12-28-19(27)8-9-21-16(25)7-6-13(24)14-5-4-10-30-14/h4-5,10-11H,6-9,12H2,1-3H3,(H,21,25)(H,22,26). The average molecular weight is 436 g/mol. The van der Waals surface area contributed by atoms with Crippen LogP contribution >= 0.6 is 11.3 Å². The minimum atomic E-state index is -0.631. The lowest BCUT2D eigenvalue weighted by atomic mass is 9.92. The van der Waals surface area contributed by atoms with Crippen molar-refractivity contribution in [3.8, 4) is 0 Å². The van der Waals surface area contributed by atoms with Crippen molar-refractivity contribution in [1.29, 1.82) is 0 Å². The first-order valence-corrected chi connectivity index (χ1v) is 10.3. The van der Waals surface area contributed by atoms with Crippen molar-refractivity contribution in [1.82, 2.24) is 10.5 Å². The molecule has 30 heavy (non-hydrogen) atoms. The predicted octanol–water partition coefficient (Wildman–Crippen LogP) is 2.68. The minimum absolute atomic E-state index is 0.0436. The Bertz CT molecular complexity index is 883. The summed E-state index contributed by atoms with van der Waals surface area (Å²) >= 11 is 1.33. The molecule has 0 unspecified atom stereocenters. The molecule has 0 saturated heterocycles. The van der Waals surface area contributed by atoms with Crippen LogP contribution in [0.1, 0.15) is 55.4 Å². The van der Waals surface area contributed by atoms with Gasteiger partial charge < -0.3 is 14.6 Å². The van der Waals surface area contributed by atoms with Gasteiger partial charge in [0.15, 0.2) is 12.4 Å². The molecule has 10 heteroatoms. The molecule has 9 nitrogen and oxygen atoms in total. The van der Waals surface area contributed by atoms with E-state index >= 15 is 0 Å². The Hall–Kier alpha value is -3.01. The SMILES string of the molecule is CC(C)(C)c1cc(NC(=O)COC(=O)CCNC(=O)CCC(=O)c2cccs2)on1. The van der Waals surface area contributed by atoms with E-state index in [-0.39, 0.29) is 48.8 Å². The van der Waals surface area contributed by atoms with Crippen LogP contribution < -0.4 is 10.6 Å². The van der Waals surface area contributed by atoms with Crippen molar-refractivity contribution in [2.45, 2.75) is 45.4 Å². The number of esters is 1. The number of nitrogens with zero attached hydrogens (tertiary/aromatic N) is 1. The Kier molecular flexibility index (Phi) is 8.28. The highest BCUT2D eigenvalue weighted by molar-refractivity contribution is 7.12. The molecule has 2 N–H and O–H groups in total. The van der Waals surface area contributed by atoms with E-state index < -0.39 is 18.5 Å². The van der Waals surface area contributed by atoms with Crippen molar-refractivity contribution < 1.29 is 28.4 Å². The lowest BCUT2D eigenvalue weighted by Gasteiger charge is -2.12. The van der Waals surface area contributed by atoms with Crippen LogP contribution in [0.2, 0.25) is 0 Å². The third kappa shape index (κ3) is 7.78. The molecule has 0 aliphatic carbocycles. The number of ether oxygens (including phenoxy) is 1. The number of thiophene rings is 1. The lowest BCUT2D eigenvalue weighted by Crippen LogP contribution is -2.28. The number of aromatic nitrogens is 1. The highest BCUT2D eigenvalue weighted by atomic mass is 32.1. The highest BCUT2D eigenvalue weighted by Crippen LogP contribution is 2.23. The van der Waals surface area contributed by atoms with Gasteiger partial charge in [-0.1, -0.05) is 32.0 Å². The normalized spacial score (nSPS) is 11.0. The predicted molar refractivity (Wildman–Crippen MR) is 110 cm³/mol. The Morgan fingerprint density at radius 2 is 1.90 bits per heavy atom. The molecule has 0 fully saturated rings. The number of hydrogen-bond donors (Lipinski definition) is 2. The zero-order valence-corrected chi connectivity index (χ0v) is 18.0. The van der Waals surface area contributed by atoms with Gasteiger partial charge in [0.05, 0.1) is 17.0 Å². The molecule has 0 bridgehead atoms. The van der Waals surface area contributed by atoms with E-state index in [1.807, 2.05) is 20.8 Å². The van der Waals surface area contributed by atoms with E-state index in [4.69, 9.17) is 9.26 Å². The monoisotopic (exact) mass is 435 g/mol. The molecule has 2 aromatic rings. The first kappa shape index (κ1) is 23.3. The topological polar surface area (TPSA) is 128 Å². The van der Waals surface area contributed by atoms with Gasteiger partial charge in [0, 0.05) is 30.9 Å². The molecule has 0 aliphatic rings. The summed E-state index contributed by atoms with van der Waals surface area (Å²) in [4.78, 5) is 47.7. The molecule has 2 rings (SSSR count). The molecular formula is C20H25N3O6S. The molecule has 162 valence electrons. The Morgan fingerprint density at radius 3 is 2.53 bits per heavy atom. The van der Waals surface area contributed by atoms with Gasteiger partial charge in [0.2, 0.25) is 11.8 Å². The van der Waals surface area contributed by atoms with E-state index in [1.54, 1.807) is 23.6 Å². The number of carbonyl (C=O) groups is 4. The van der Waals surface area contributed by atoms with Crippen LogP contribution in [0, 0.1) is 0 Å². The van der Waals surface area contributed by atoms with Crippen molar-refractivity contribution in [3.63, 3.8) is 0 Å². The van der Waals surface area contributed by atoms with Gasteiger partial charge in [-0.3, -0.25) is 24.5 Å². The van der Waals surface area contributed by atoms with E-state index in [9.17, 15) is 19.2 Å². The number of amides is 2. The van der Waals surface area contributed by atoms with E-state index in [1.165, 1.54) is 11.3 Å². The molecule has 0 aliphatic heterocycles. The Balaban J connectivity index is 1.59. The second kappa shape index (κ2) is 10.7. The van der Waals surface area contributed by atoms with Crippen molar-refractivity contribution in [2.24, 2.45) is 0 Å². The number of ketones is 1. The maximum Gasteiger partial charge on any atom is 0.308 e. The van der Waals surface area contributed by atoms with Gasteiger partial charge in [0.1, 0.15) is 0 Å². The minimum Gasteiger partial charge on any atom is -0.456 e. The van der Waals surface area contributed by atoms with Crippen LogP contribution in [0.3, 0.4) is 0 Å². The fourth-order valence-corrected chi connectivity index (χ4v) is 2.95. The number of nitrogens with one attached hydrogen (secondary N) is 2. The second-order valence-electron chi connectivity index (χ2n) is 7.54. The summed E-state index contributed by atoms with van der Waals surface area (Å²) < 4.78 is 9.89. The second-order valence-corrected chi connectivity index (χ2v) is 8.48. The third-order valence-electron chi connectivity index (χ3n) is 3.93. The van der Waals surface area contributed by atoms with Crippen LogP contribution in [-0.2, 0) is 24.5 Å². The van der Waals surface area contributed by atoms with Gasteiger partial charge in [0.25, 0.3) is 5.91 Å². The van der Waals surface area contributed by atoms with Gasteiger partial charge in [-0.25, -0.2) is 0 Å². The largest absolute Gasteiger partial charge is 0.456 e. The summed E-state index contributed by atoms with van der Waals surface area (Å²) in [6, 6.07) is 5.10. The van der Waals surface area contributed by atoms with Gasteiger partial charge in [-0.15, -0.1) is 11.3 Å². The van der Waals surface area contributed by atoms with Crippen LogP contribution in [0.5, 0.6) is 0 Å². The van der Waals surface area contributed by atoms with Gasteiger partial charge >= 0.3 is 5.97 Å². The van der Waals surface area contributed by atoms with Gasteiger partial charge in [-0.2, -0.15) is 0 Å². The summed E-state index contributed by atoms with van der Waals surface area (Å²) in [5.74, 6) is -1.44. The lowest BCUT2D eigenvalue weighted by molar-refractivity contribution is -0.147. The summed E-state index contributed by atoms with van der Waals surface area (Å²) in [5.41, 5.74) is 0.461. The van der Waals surface area contributed by atoms with Crippen molar-refractivity contribution >= 4 is 40.8 Å². The molecule has 2 amide bonds. The quantitative estimate of drug-likeness (QED) is 0.434. The molecule has 0 aromatic carbocycles. The highest BCUT2D eigenvalue weighted by Gasteiger charge is 2.20. The molecular weight excluding hydrogens is 410 g/mol. The van der Waals surface area contributed by atoms with E-state index in [0.717, 1.165) is 0 Å². The van der Waals surface area contributed by atoms with Crippen molar-refractivity contribution in [3.05, 3.63) is 34.2 Å². The average Bonchev–Trinajstić information content (AvgIpc) is 3.36. The smallest absolute Gasteiger partial charge is 0.308 e. The number of anilines is 1. The van der Waals surface area contributed by atoms with Gasteiger partial charge in [-0.05, 0) is 11.4 Å². The molecule has 2 aromatic heterocycles. The molecule has 0 saturated carbocycles. The number of carbonyl (C=O) groups excluding carboxylic acids is 4. The van der Waals surface area contributed by atoms with E-state index in [2.05, 4.69) is 15.8 Å². The Morgan fingerprint density at radius 1 is 1.13 bits per heavy atom. The van der Waals surface area contributed by atoms with Crippen LogP contribution in [-0.4, -0.2) is 41.9 Å². The maximum atomic E-state index is 11.8. The maximum absolute atomic E-state index is 11.8. The summed E-state index contributed by atoms with van der Waals surface area (Å²) in [6.07, 6.45) is 0.0613.